The van der Waals surface area contributed by atoms with E-state index in [2.05, 4.69) is 35.3 Å². The predicted octanol–water partition coefficient (Wildman–Crippen LogP) is 3.69. The standard InChI is InChI=1S/C15H10N2.ClH/c1-2-4-14-12(3-1)13-7-11-9-16-6-5-10(11)8-15(13)17-14;/h1-7,9H,8H2;1H. The van der Waals surface area contributed by atoms with Crippen molar-refractivity contribution in [2.75, 3.05) is 0 Å². The van der Waals surface area contributed by atoms with Gasteiger partial charge in [0.05, 0.1) is 11.4 Å². The molecule has 0 fully saturated rings. The highest BCUT2D eigenvalue weighted by Crippen LogP contribution is 2.39. The Kier molecular flexibility index (Phi) is 2.53. The average Bonchev–Trinajstić information content (AvgIpc) is 2.73. The molecule has 1 aliphatic heterocycles. The maximum atomic E-state index is 4.70. The van der Waals surface area contributed by atoms with Crippen molar-refractivity contribution < 1.29 is 0 Å². The minimum absolute atomic E-state index is 0. The van der Waals surface area contributed by atoms with E-state index < -0.39 is 0 Å². The van der Waals surface area contributed by atoms with Crippen LogP contribution in [0.5, 0.6) is 0 Å². The van der Waals surface area contributed by atoms with Gasteiger partial charge >= 0.3 is 0 Å². The number of aromatic nitrogens is 1. The molecule has 2 heterocycles. The molecule has 2 aromatic rings. The summed E-state index contributed by atoms with van der Waals surface area (Å²) in [6, 6.07) is 10.4. The minimum atomic E-state index is 0. The molecule has 0 spiro atoms. The van der Waals surface area contributed by atoms with Crippen molar-refractivity contribution in [2.45, 2.75) is 6.42 Å². The van der Waals surface area contributed by atoms with Crippen molar-refractivity contribution in [3.63, 3.8) is 0 Å². The summed E-state index contributed by atoms with van der Waals surface area (Å²) in [4.78, 5) is 8.88. The third-order valence-electron chi connectivity index (χ3n) is 3.36. The zero-order valence-electron chi connectivity index (χ0n) is 9.63. The fraction of sp³-hybridized carbons (Fsp3) is 0.0667. The number of fused-ring (bicyclic) bond motifs is 4. The highest BCUT2D eigenvalue weighted by molar-refractivity contribution is 6.34. The van der Waals surface area contributed by atoms with Gasteiger partial charge in [0.15, 0.2) is 0 Å². The van der Waals surface area contributed by atoms with E-state index in [1.807, 2.05) is 18.5 Å². The number of nitrogens with zero attached hydrogens (tertiary/aromatic N) is 2. The number of para-hydroxylation sites is 1. The first-order valence-corrected chi connectivity index (χ1v) is 5.74. The fourth-order valence-corrected chi connectivity index (χ4v) is 2.52. The number of benzene rings is 1. The van der Waals surface area contributed by atoms with Crippen LogP contribution in [0.4, 0.5) is 5.69 Å². The lowest BCUT2D eigenvalue weighted by Gasteiger charge is -2.14. The summed E-state index contributed by atoms with van der Waals surface area (Å²) >= 11 is 0. The number of hydrogen-bond donors (Lipinski definition) is 0. The Morgan fingerprint density at radius 3 is 2.89 bits per heavy atom. The fourth-order valence-electron chi connectivity index (χ4n) is 2.52. The summed E-state index contributed by atoms with van der Waals surface area (Å²) in [6.45, 7) is 0. The molecule has 0 saturated heterocycles. The summed E-state index contributed by atoms with van der Waals surface area (Å²) < 4.78 is 0. The quantitative estimate of drug-likeness (QED) is 0.704. The topological polar surface area (TPSA) is 25.2 Å². The van der Waals surface area contributed by atoms with Crippen LogP contribution in [0.3, 0.4) is 0 Å². The number of rotatable bonds is 0. The largest absolute Gasteiger partial charge is 0.264 e. The molecule has 0 amide bonds. The van der Waals surface area contributed by atoms with E-state index in [1.54, 1.807) is 0 Å². The van der Waals surface area contributed by atoms with E-state index in [9.17, 15) is 0 Å². The molecular formula is C15H11ClN2. The van der Waals surface area contributed by atoms with Gasteiger partial charge in [-0.2, -0.15) is 0 Å². The third-order valence-corrected chi connectivity index (χ3v) is 3.36. The molecule has 1 aromatic carbocycles. The van der Waals surface area contributed by atoms with E-state index in [0.29, 0.717) is 0 Å². The lowest BCUT2D eigenvalue weighted by molar-refractivity contribution is 1.22. The molecule has 0 unspecified atom stereocenters. The molecule has 3 heteroatoms. The first-order chi connectivity index (χ1) is 8.42. The van der Waals surface area contributed by atoms with Crippen molar-refractivity contribution in [3.8, 4) is 0 Å². The highest BCUT2D eigenvalue weighted by Gasteiger charge is 2.24. The smallest absolute Gasteiger partial charge is 0.0712 e. The van der Waals surface area contributed by atoms with E-state index >= 15 is 0 Å². The maximum absolute atomic E-state index is 4.70. The summed E-state index contributed by atoms with van der Waals surface area (Å²) in [6.07, 6.45) is 6.90. The van der Waals surface area contributed by atoms with Crippen molar-refractivity contribution in [1.29, 1.82) is 0 Å². The zero-order chi connectivity index (χ0) is 11.2. The SMILES string of the molecule is C1=C2C(=Nc3ccccc32)Cc2ccncc21.Cl. The van der Waals surface area contributed by atoms with Crippen LogP contribution < -0.4 is 0 Å². The summed E-state index contributed by atoms with van der Waals surface area (Å²) in [7, 11) is 0. The van der Waals surface area contributed by atoms with Gasteiger partial charge in [0.2, 0.25) is 0 Å². The molecule has 2 nitrogen and oxygen atoms in total. The van der Waals surface area contributed by atoms with Crippen molar-refractivity contribution in [2.24, 2.45) is 4.99 Å². The summed E-state index contributed by atoms with van der Waals surface area (Å²) in [5, 5.41) is 0. The van der Waals surface area contributed by atoms with Gasteiger partial charge in [0.1, 0.15) is 0 Å². The van der Waals surface area contributed by atoms with Crippen LogP contribution in [-0.4, -0.2) is 10.7 Å². The second kappa shape index (κ2) is 4.07. The summed E-state index contributed by atoms with van der Waals surface area (Å²) in [5.41, 5.74) is 7.32. The van der Waals surface area contributed by atoms with E-state index in [1.165, 1.54) is 28.0 Å². The molecule has 2 aliphatic rings. The van der Waals surface area contributed by atoms with Crippen LogP contribution >= 0.6 is 12.4 Å². The van der Waals surface area contributed by atoms with Gasteiger partial charge in [-0.3, -0.25) is 9.98 Å². The Bertz CT molecular complexity index is 686. The Balaban J connectivity index is 0.000001000. The molecule has 1 aliphatic carbocycles. The molecular weight excluding hydrogens is 244 g/mol. The van der Waals surface area contributed by atoms with Gasteiger partial charge in [-0.05, 0) is 29.3 Å². The van der Waals surface area contributed by atoms with E-state index in [-0.39, 0.29) is 12.4 Å². The second-order valence-electron chi connectivity index (χ2n) is 4.38. The van der Waals surface area contributed by atoms with Crippen LogP contribution in [0.2, 0.25) is 0 Å². The van der Waals surface area contributed by atoms with Gasteiger partial charge in [-0.25, -0.2) is 0 Å². The average molecular weight is 255 g/mol. The third kappa shape index (κ3) is 1.50. The maximum Gasteiger partial charge on any atom is 0.0712 e. The van der Waals surface area contributed by atoms with Crippen LogP contribution in [0.1, 0.15) is 16.7 Å². The Labute approximate surface area is 112 Å². The molecule has 88 valence electrons. The van der Waals surface area contributed by atoms with Crippen molar-refractivity contribution in [3.05, 3.63) is 59.4 Å². The minimum Gasteiger partial charge on any atom is -0.264 e. The molecule has 0 N–H and O–H groups in total. The number of hydrogen-bond acceptors (Lipinski definition) is 2. The molecule has 1 aromatic heterocycles. The van der Waals surface area contributed by atoms with Crippen LogP contribution in [0.15, 0.2) is 47.7 Å². The Hall–Kier alpha value is -1.93. The lowest BCUT2D eigenvalue weighted by Crippen LogP contribution is -2.08. The van der Waals surface area contributed by atoms with Crippen molar-refractivity contribution >= 4 is 35.5 Å². The Morgan fingerprint density at radius 1 is 1.06 bits per heavy atom. The number of allylic oxidation sites excluding steroid dienone is 1. The molecule has 4 rings (SSSR count). The van der Waals surface area contributed by atoms with Crippen LogP contribution in [-0.2, 0) is 6.42 Å². The molecule has 18 heavy (non-hydrogen) atoms. The van der Waals surface area contributed by atoms with Gasteiger partial charge < -0.3 is 0 Å². The van der Waals surface area contributed by atoms with Crippen molar-refractivity contribution in [1.82, 2.24) is 4.98 Å². The number of aliphatic imine (C=N–C) groups is 1. The first kappa shape index (κ1) is 11.2. The molecule has 0 saturated carbocycles. The summed E-state index contributed by atoms with van der Waals surface area (Å²) in [5.74, 6) is 0. The van der Waals surface area contributed by atoms with Crippen LogP contribution in [0.25, 0.3) is 11.6 Å². The molecule has 0 bridgehead atoms. The zero-order valence-corrected chi connectivity index (χ0v) is 10.4. The molecule has 0 radical (unpaired) electrons. The monoisotopic (exact) mass is 254 g/mol. The van der Waals surface area contributed by atoms with Gasteiger partial charge in [0, 0.05) is 30.0 Å². The second-order valence-corrected chi connectivity index (χ2v) is 4.38. The highest BCUT2D eigenvalue weighted by atomic mass is 35.5. The van der Waals surface area contributed by atoms with Gasteiger partial charge in [0.25, 0.3) is 0 Å². The molecule has 0 atom stereocenters. The van der Waals surface area contributed by atoms with Gasteiger partial charge in [-0.1, -0.05) is 18.2 Å². The van der Waals surface area contributed by atoms with E-state index in [0.717, 1.165) is 12.1 Å². The Morgan fingerprint density at radius 2 is 1.94 bits per heavy atom. The van der Waals surface area contributed by atoms with Gasteiger partial charge in [-0.15, -0.1) is 12.4 Å². The number of pyridine rings is 1. The number of halogens is 1. The lowest BCUT2D eigenvalue weighted by atomic mass is 9.89. The van der Waals surface area contributed by atoms with Crippen LogP contribution in [0, 0.1) is 0 Å². The van der Waals surface area contributed by atoms with E-state index in [4.69, 9.17) is 4.99 Å². The normalized spacial score (nSPS) is 14.7. The predicted molar refractivity (Wildman–Crippen MR) is 76.6 cm³/mol. The first-order valence-electron chi connectivity index (χ1n) is 5.74.